The van der Waals surface area contributed by atoms with Crippen LogP contribution in [0.1, 0.15) is 92.7 Å². The molecule has 0 heterocycles. The largest absolute Gasteiger partial charge is 4.00 e. The molecule has 4 aromatic rings. The van der Waals surface area contributed by atoms with Gasteiger partial charge in [0.25, 0.3) is 0 Å². The zero-order valence-corrected chi connectivity index (χ0v) is 30.2. The molecule has 0 aromatic heterocycles. The average Bonchev–Trinajstić information content (AvgIpc) is 3.12. The second kappa shape index (κ2) is 15.9. The maximum absolute atomic E-state index is 2.60. The fourth-order valence-corrected chi connectivity index (χ4v) is 11.4. The molecule has 0 N–H and O–H groups in total. The van der Waals surface area contributed by atoms with Crippen molar-refractivity contribution in [1.29, 1.82) is 0 Å². The van der Waals surface area contributed by atoms with E-state index >= 15 is 0 Å². The molecule has 0 radical (unpaired) electrons. The smallest absolute Gasteiger partial charge is 1.00 e. The maximum atomic E-state index is 2.53. The Morgan fingerprint density at radius 1 is 0.525 bits per heavy atom. The first-order chi connectivity index (χ1) is 17.1. The molecule has 0 bridgehead atoms. The van der Waals surface area contributed by atoms with Crippen LogP contribution in [-0.2, 0) is 21.7 Å². The van der Waals surface area contributed by atoms with Crippen molar-refractivity contribution in [1.82, 2.24) is 0 Å². The van der Waals surface area contributed by atoms with Gasteiger partial charge in [0.2, 0.25) is 0 Å². The van der Waals surface area contributed by atoms with Gasteiger partial charge in [-0.1, -0.05) is 151 Å². The first-order valence-electron chi connectivity index (χ1n) is 13.6. The molecule has 0 spiro atoms. The Balaban J connectivity index is 0.00000380. The van der Waals surface area contributed by atoms with Gasteiger partial charge in [-0.3, -0.25) is 0 Å². The van der Waals surface area contributed by atoms with E-state index in [-0.39, 0.29) is 58.9 Å². The van der Waals surface area contributed by atoms with E-state index < -0.39 is 8.07 Å². The summed E-state index contributed by atoms with van der Waals surface area (Å²) in [5.74, 6) is 1.47. The zero-order valence-electron chi connectivity index (χ0n) is 25.4. The van der Waals surface area contributed by atoms with Gasteiger partial charge >= 0.3 is 21.7 Å². The maximum Gasteiger partial charge on any atom is 4.00 e. The van der Waals surface area contributed by atoms with Gasteiger partial charge in [-0.05, 0) is 34.4 Å². The van der Waals surface area contributed by atoms with E-state index in [0.29, 0.717) is 17.8 Å². The van der Waals surface area contributed by atoms with Crippen molar-refractivity contribution in [3.63, 3.8) is 0 Å². The molecule has 0 fully saturated rings. The SMILES string of the molecule is Cc1cc(C)[c-]([Si](c2cccc(C(C)C)c2)(c2cccc(C(C)C)c2)c2cccc(C(C)C)c2)c1C.[Cl-].[Cl-].[Cl-].[Ti+4]. The molecule has 0 atom stereocenters. The molecule has 4 rings (SSSR count). The monoisotopic (exact) mass is 644 g/mol. The number of hydrogen-bond donors (Lipinski definition) is 0. The molecule has 0 saturated carbocycles. The quantitative estimate of drug-likeness (QED) is 0.125. The van der Waals surface area contributed by atoms with Crippen molar-refractivity contribution >= 4 is 28.8 Å². The summed E-state index contributed by atoms with van der Waals surface area (Å²) in [4.78, 5) is 0. The standard InChI is InChI=1S/C35H43Si.3ClH.Ti/c1-23(2)29-13-10-16-32(20-29)36(35-27(8)19-26(7)28(35)9,33-17-11-14-30(21-33)24(3)4)34-18-12-15-31(22-34)25(5)6;;;;/h10-25H,1-9H3;3*1H;/q-1;;;;+4/p-3. The Morgan fingerprint density at radius 2 is 0.850 bits per heavy atom. The van der Waals surface area contributed by atoms with Gasteiger partial charge < -0.3 is 37.2 Å². The Morgan fingerprint density at radius 3 is 1.10 bits per heavy atom. The van der Waals surface area contributed by atoms with Gasteiger partial charge in [0.1, 0.15) is 8.07 Å². The van der Waals surface area contributed by atoms with Gasteiger partial charge in [0.05, 0.1) is 0 Å². The molecule has 5 heteroatoms. The molecule has 0 aliphatic rings. The van der Waals surface area contributed by atoms with E-state index in [0.717, 1.165) is 0 Å². The third-order valence-corrected chi connectivity index (χ3v) is 13.2. The van der Waals surface area contributed by atoms with Gasteiger partial charge in [0, 0.05) is 0 Å². The zero-order chi connectivity index (χ0) is 26.2. The predicted octanol–water partition coefficient (Wildman–Crippen LogP) is -1.91. The number of hydrogen-bond acceptors (Lipinski definition) is 0. The Kier molecular flexibility index (Phi) is 15.4. The minimum Gasteiger partial charge on any atom is -1.00 e. The first kappa shape index (κ1) is 38.8. The normalized spacial score (nSPS) is 11.0. The van der Waals surface area contributed by atoms with E-state index in [4.69, 9.17) is 0 Å². The van der Waals surface area contributed by atoms with Gasteiger partial charge in [0.15, 0.2) is 0 Å². The molecule has 40 heavy (non-hydrogen) atoms. The molecule has 0 nitrogen and oxygen atoms in total. The minimum atomic E-state index is -2.60. The third kappa shape index (κ3) is 7.23. The van der Waals surface area contributed by atoms with E-state index in [1.807, 2.05) is 0 Å². The third-order valence-electron chi connectivity index (χ3n) is 8.13. The number of aryl methyl sites for hydroxylation is 2. The van der Waals surface area contributed by atoms with Crippen LogP contribution in [0.3, 0.4) is 0 Å². The van der Waals surface area contributed by atoms with Crippen molar-refractivity contribution in [2.75, 3.05) is 0 Å². The molecular weight excluding hydrogens is 603 g/mol. The van der Waals surface area contributed by atoms with E-state index in [1.54, 1.807) is 5.19 Å². The van der Waals surface area contributed by atoms with Crippen LogP contribution >= 0.6 is 0 Å². The summed E-state index contributed by atoms with van der Waals surface area (Å²) in [6.07, 6.45) is 0. The number of benzene rings is 3. The fraction of sp³-hybridized carbons (Fsp3) is 0.343. The van der Waals surface area contributed by atoms with Crippen LogP contribution in [0.4, 0.5) is 0 Å². The topological polar surface area (TPSA) is 0 Å². The fourth-order valence-electron chi connectivity index (χ4n) is 5.90. The molecule has 4 aromatic carbocycles. The summed E-state index contributed by atoms with van der Waals surface area (Å²) in [6.45, 7) is 20.8. The Bertz CT molecular complexity index is 1250. The predicted molar refractivity (Wildman–Crippen MR) is 162 cm³/mol. The summed E-state index contributed by atoms with van der Waals surface area (Å²) in [6, 6.07) is 31.1. The second-order valence-corrected chi connectivity index (χ2v) is 15.3. The molecule has 212 valence electrons. The Labute approximate surface area is 278 Å². The minimum absolute atomic E-state index is 0. The molecule has 0 unspecified atom stereocenters. The number of rotatable bonds is 7. The van der Waals surface area contributed by atoms with E-state index in [1.165, 1.54) is 48.9 Å². The van der Waals surface area contributed by atoms with Gasteiger partial charge in [-0.2, -0.15) is 16.7 Å². The van der Waals surface area contributed by atoms with Crippen molar-refractivity contribution in [3.05, 3.63) is 112 Å². The van der Waals surface area contributed by atoms with Crippen molar-refractivity contribution in [2.45, 2.75) is 80.1 Å². The average molecular weight is 646 g/mol. The van der Waals surface area contributed by atoms with Gasteiger partial charge in [-0.15, -0.1) is 5.19 Å². The molecule has 0 amide bonds. The van der Waals surface area contributed by atoms with Crippen LogP contribution in [0, 0.1) is 20.8 Å². The number of halogens is 3. The van der Waals surface area contributed by atoms with Crippen LogP contribution in [0.5, 0.6) is 0 Å². The Hall–Kier alpha value is -1.19. The van der Waals surface area contributed by atoms with Crippen molar-refractivity contribution in [2.24, 2.45) is 0 Å². The van der Waals surface area contributed by atoms with E-state index in [9.17, 15) is 0 Å². The van der Waals surface area contributed by atoms with Crippen LogP contribution in [-0.4, -0.2) is 8.07 Å². The summed E-state index contributed by atoms with van der Waals surface area (Å²) in [5, 5.41) is 6.05. The summed E-state index contributed by atoms with van der Waals surface area (Å²) in [7, 11) is -2.60. The molecule has 0 saturated heterocycles. The van der Waals surface area contributed by atoms with Crippen molar-refractivity contribution < 1.29 is 58.9 Å². The molecular formula is C35H43Cl3SiTi. The van der Waals surface area contributed by atoms with Crippen LogP contribution < -0.4 is 58.0 Å². The van der Waals surface area contributed by atoms with Crippen LogP contribution in [0.2, 0.25) is 0 Å². The van der Waals surface area contributed by atoms with Crippen LogP contribution in [0.15, 0.2) is 78.9 Å². The summed E-state index contributed by atoms with van der Waals surface area (Å²) < 4.78 is 0. The second-order valence-electron chi connectivity index (χ2n) is 11.6. The molecule has 0 aliphatic carbocycles. The van der Waals surface area contributed by atoms with Gasteiger partial charge in [-0.25, -0.2) is 6.07 Å². The molecule has 0 aliphatic heterocycles. The summed E-state index contributed by atoms with van der Waals surface area (Å²) >= 11 is 0. The first-order valence-corrected chi connectivity index (χ1v) is 15.6. The van der Waals surface area contributed by atoms with Crippen molar-refractivity contribution in [3.8, 4) is 0 Å². The van der Waals surface area contributed by atoms with E-state index in [2.05, 4.69) is 141 Å². The van der Waals surface area contributed by atoms with Crippen LogP contribution in [0.25, 0.3) is 0 Å². The summed E-state index contributed by atoms with van der Waals surface area (Å²) in [5.41, 5.74) is 8.55.